The lowest BCUT2D eigenvalue weighted by Gasteiger charge is -2.30. The lowest BCUT2D eigenvalue weighted by atomic mass is 9.95. The van der Waals surface area contributed by atoms with Gasteiger partial charge in [0, 0.05) is 6.04 Å². The zero-order valence-electron chi connectivity index (χ0n) is 10.5. The summed E-state index contributed by atoms with van der Waals surface area (Å²) in [4.78, 5) is 12.6. The van der Waals surface area contributed by atoms with Crippen LogP contribution in [0.4, 0.5) is 0 Å². The maximum absolute atomic E-state index is 10.7. The number of halogens is 1. The Hall–Kier alpha value is -1.06. The standard InChI is InChI=1S/C13H19NO2.ClH/c1-10(2)13(14(3)9-12(15)16)11-7-5-4-6-8-11;/h4-8,10,13H,9H2,1-3H3,(H,15,16);1H. The van der Waals surface area contributed by atoms with Crippen molar-refractivity contribution < 1.29 is 9.90 Å². The van der Waals surface area contributed by atoms with E-state index in [0.717, 1.165) is 0 Å². The molecule has 0 fully saturated rings. The van der Waals surface area contributed by atoms with Gasteiger partial charge in [-0.3, -0.25) is 9.69 Å². The minimum atomic E-state index is -0.788. The molecule has 0 bridgehead atoms. The van der Waals surface area contributed by atoms with Crippen LogP contribution < -0.4 is 0 Å². The van der Waals surface area contributed by atoms with Crippen LogP contribution in [-0.2, 0) is 4.79 Å². The van der Waals surface area contributed by atoms with E-state index >= 15 is 0 Å². The van der Waals surface area contributed by atoms with Gasteiger partial charge in [0.25, 0.3) is 0 Å². The number of carboxylic acid groups (broad SMARTS) is 1. The second kappa shape index (κ2) is 7.30. The number of nitrogens with zero attached hydrogens (tertiary/aromatic N) is 1. The Morgan fingerprint density at radius 1 is 1.29 bits per heavy atom. The summed E-state index contributed by atoms with van der Waals surface area (Å²) in [7, 11) is 1.85. The Morgan fingerprint density at radius 3 is 2.24 bits per heavy atom. The van der Waals surface area contributed by atoms with Crippen LogP contribution in [0.25, 0.3) is 0 Å². The zero-order valence-corrected chi connectivity index (χ0v) is 11.3. The van der Waals surface area contributed by atoms with Crippen LogP contribution in [-0.4, -0.2) is 29.6 Å². The molecule has 0 aliphatic rings. The highest BCUT2D eigenvalue weighted by atomic mass is 35.5. The third kappa shape index (κ3) is 4.75. The topological polar surface area (TPSA) is 40.5 Å². The number of hydrogen-bond acceptors (Lipinski definition) is 2. The fourth-order valence-corrected chi connectivity index (χ4v) is 2.11. The van der Waals surface area contributed by atoms with Crippen LogP contribution in [0.3, 0.4) is 0 Å². The molecular weight excluding hydrogens is 238 g/mol. The minimum absolute atomic E-state index is 0. The molecule has 0 aliphatic carbocycles. The molecule has 0 radical (unpaired) electrons. The molecule has 0 saturated heterocycles. The van der Waals surface area contributed by atoms with Gasteiger partial charge in [-0.05, 0) is 18.5 Å². The SMILES string of the molecule is CC(C)C(c1ccccc1)N(C)CC(=O)O.Cl. The van der Waals surface area contributed by atoms with Crippen LogP contribution in [0.5, 0.6) is 0 Å². The van der Waals surface area contributed by atoms with Crippen LogP contribution >= 0.6 is 12.4 Å². The predicted octanol–water partition coefficient (Wildman–Crippen LogP) is 2.82. The molecule has 17 heavy (non-hydrogen) atoms. The van der Waals surface area contributed by atoms with Gasteiger partial charge in [0.05, 0.1) is 6.54 Å². The zero-order chi connectivity index (χ0) is 12.1. The summed E-state index contributed by atoms with van der Waals surface area (Å²) < 4.78 is 0. The first-order chi connectivity index (χ1) is 7.52. The molecule has 1 aromatic carbocycles. The van der Waals surface area contributed by atoms with E-state index in [-0.39, 0.29) is 25.0 Å². The predicted molar refractivity (Wildman–Crippen MR) is 71.5 cm³/mol. The van der Waals surface area contributed by atoms with Crippen molar-refractivity contribution in [1.82, 2.24) is 4.90 Å². The molecular formula is C13H20ClNO2. The van der Waals surface area contributed by atoms with Gasteiger partial charge in [-0.15, -0.1) is 12.4 Å². The van der Waals surface area contributed by atoms with E-state index in [1.165, 1.54) is 5.56 Å². The first-order valence-corrected chi connectivity index (χ1v) is 5.49. The first-order valence-electron chi connectivity index (χ1n) is 5.49. The molecule has 1 N–H and O–H groups in total. The number of aliphatic carboxylic acids is 1. The molecule has 0 amide bonds. The Kier molecular flexibility index (Phi) is 6.85. The van der Waals surface area contributed by atoms with Gasteiger partial charge in [0.15, 0.2) is 0 Å². The van der Waals surface area contributed by atoms with E-state index < -0.39 is 5.97 Å². The number of carbonyl (C=O) groups is 1. The Labute approximate surface area is 109 Å². The number of hydrogen-bond donors (Lipinski definition) is 1. The van der Waals surface area contributed by atoms with E-state index in [1.54, 1.807) is 0 Å². The Bertz CT molecular complexity index is 341. The Morgan fingerprint density at radius 2 is 1.82 bits per heavy atom. The van der Waals surface area contributed by atoms with Crippen LogP contribution in [0, 0.1) is 5.92 Å². The molecule has 96 valence electrons. The summed E-state index contributed by atoms with van der Waals surface area (Å²) in [6.07, 6.45) is 0. The minimum Gasteiger partial charge on any atom is -0.480 e. The van der Waals surface area contributed by atoms with Gasteiger partial charge in [-0.1, -0.05) is 44.2 Å². The van der Waals surface area contributed by atoms with Crippen molar-refractivity contribution >= 4 is 18.4 Å². The number of benzene rings is 1. The number of likely N-dealkylation sites (N-methyl/N-ethyl adjacent to an activating group) is 1. The summed E-state index contributed by atoms with van der Waals surface area (Å²) in [6.45, 7) is 4.28. The smallest absolute Gasteiger partial charge is 0.317 e. The molecule has 0 aromatic heterocycles. The second-order valence-electron chi connectivity index (χ2n) is 4.41. The summed E-state index contributed by atoms with van der Waals surface area (Å²) in [5, 5.41) is 8.82. The van der Waals surface area contributed by atoms with Crippen molar-refractivity contribution in [2.24, 2.45) is 5.92 Å². The number of carboxylic acids is 1. The lowest BCUT2D eigenvalue weighted by molar-refractivity contribution is -0.138. The van der Waals surface area contributed by atoms with Crippen molar-refractivity contribution in [2.45, 2.75) is 19.9 Å². The van der Waals surface area contributed by atoms with Crippen LogP contribution in [0.15, 0.2) is 30.3 Å². The summed E-state index contributed by atoms with van der Waals surface area (Å²) in [5.74, 6) is -0.407. The molecule has 1 rings (SSSR count). The van der Waals surface area contributed by atoms with E-state index in [0.29, 0.717) is 5.92 Å². The highest BCUT2D eigenvalue weighted by Gasteiger charge is 2.21. The molecule has 0 saturated carbocycles. The average Bonchev–Trinajstić information content (AvgIpc) is 2.17. The van der Waals surface area contributed by atoms with Gasteiger partial charge in [-0.25, -0.2) is 0 Å². The van der Waals surface area contributed by atoms with Gasteiger partial charge >= 0.3 is 5.97 Å². The van der Waals surface area contributed by atoms with Crippen molar-refractivity contribution in [3.63, 3.8) is 0 Å². The normalized spacial score (nSPS) is 12.3. The maximum atomic E-state index is 10.7. The van der Waals surface area contributed by atoms with E-state index in [1.807, 2.05) is 42.3 Å². The first kappa shape index (κ1) is 15.9. The van der Waals surface area contributed by atoms with Crippen LogP contribution in [0.1, 0.15) is 25.5 Å². The molecule has 1 aromatic rings. The van der Waals surface area contributed by atoms with Gasteiger partial charge in [-0.2, -0.15) is 0 Å². The second-order valence-corrected chi connectivity index (χ2v) is 4.41. The molecule has 0 aliphatic heterocycles. The van der Waals surface area contributed by atoms with Crippen molar-refractivity contribution in [3.05, 3.63) is 35.9 Å². The molecule has 4 heteroatoms. The van der Waals surface area contributed by atoms with Crippen molar-refractivity contribution in [1.29, 1.82) is 0 Å². The van der Waals surface area contributed by atoms with Crippen molar-refractivity contribution in [3.8, 4) is 0 Å². The quantitative estimate of drug-likeness (QED) is 0.882. The monoisotopic (exact) mass is 257 g/mol. The van der Waals surface area contributed by atoms with E-state index in [9.17, 15) is 4.79 Å². The van der Waals surface area contributed by atoms with Crippen LogP contribution in [0.2, 0.25) is 0 Å². The summed E-state index contributed by atoms with van der Waals surface area (Å²) >= 11 is 0. The fourth-order valence-electron chi connectivity index (χ4n) is 2.11. The Balaban J connectivity index is 0.00000256. The highest BCUT2D eigenvalue weighted by Crippen LogP contribution is 2.26. The number of rotatable bonds is 5. The third-order valence-electron chi connectivity index (χ3n) is 2.63. The molecule has 1 atom stereocenters. The maximum Gasteiger partial charge on any atom is 0.317 e. The summed E-state index contributed by atoms with van der Waals surface area (Å²) in [5.41, 5.74) is 1.17. The van der Waals surface area contributed by atoms with Gasteiger partial charge in [0.2, 0.25) is 0 Å². The molecule has 3 nitrogen and oxygen atoms in total. The summed E-state index contributed by atoms with van der Waals surface area (Å²) in [6, 6.07) is 10.2. The van der Waals surface area contributed by atoms with Crippen molar-refractivity contribution in [2.75, 3.05) is 13.6 Å². The third-order valence-corrected chi connectivity index (χ3v) is 2.63. The molecule has 1 unspecified atom stereocenters. The lowest BCUT2D eigenvalue weighted by Crippen LogP contribution is -2.32. The fraction of sp³-hybridized carbons (Fsp3) is 0.462. The van der Waals surface area contributed by atoms with Gasteiger partial charge in [0.1, 0.15) is 0 Å². The van der Waals surface area contributed by atoms with E-state index in [2.05, 4.69) is 13.8 Å². The average molecular weight is 258 g/mol. The molecule has 0 heterocycles. The largest absolute Gasteiger partial charge is 0.480 e. The highest BCUT2D eigenvalue weighted by molar-refractivity contribution is 5.85. The van der Waals surface area contributed by atoms with Gasteiger partial charge < -0.3 is 5.11 Å². The molecule has 0 spiro atoms. The van der Waals surface area contributed by atoms with E-state index in [4.69, 9.17) is 5.11 Å².